The second-order valence-electron chi connectivity index (χ2n) is 6.08. The number of aliphatic hydroxyl groups is 1. The van der Waals surface area contributed by atoms with Gasteiger partial charge in [0.1, 0.15) is 0 Å². The molecule has 1 saturated heterocycles. The average molecular weight is 487 g/mol. The quantitative estimate of drug-likeness (QED) is 0.340. The molecule has 0 unspecified atom stereocenters. The van der Waals surface area contributed by atoms with E-state index in [9.17, 15) is 18.3 Å². The topological polar surface area (TPSA) is 65.9 Å². The van der Waals surface area contributed by atoms with Gasteiger partial charge in [-0.2, -0.15) is 13.2 Å². The number of halogens is 4. The smallest absolute Gasteiger partial charge is 0.388 e. The zero-order valence-electron chi connectivity index (χ0n) is 14.6. The van der Waals surface area contributed by atoms with Gasteiger partial charge < -0.3 is 20.5 Å². The van der Waals surface area contributed by atoms with Crippen LogP contribution >= 0.6 is 24.0 Å². The number of alkyl halides is 3. The lowest BCUT2D eigenvalue weighted by Crippen LogP contribution is -2.49. The van der Waals surface area contributed by atoms with Crippen molar-refractivity contribution in [3.8, 4) is 0 Å². The molecule has 0 aliphatic carbocycles. The third-order valence-corrected chi connectivity index (χ3v) is 4.05. The number of nitrogens with one attached hydrogen (secondary N) is 2. The van der Waals surface area contributed by atoms with E-state index >= 15 is 0 Å². The maximum absolute atomic E-state index is 12.6. The van der Waals surface area contributed by atoms with Crippen molar-refractivity contribution in [2.24, 2.45) is 4.99 Å². The van der Waals surface area contributed by atoms with E-state index in [2.05, 4.69) is 15.6 Å². The van der Waals surface area contributed by atoms with Gasteiger partial charge >= 0.3 is 6.18 Å². The van der Waals surface area contributed by atoms with Gasteiger partial charge in [0, 0.05) is 39.1 Å². The summed E-state index contributed by atoms with van der Waals surface area (Å²) < 4.78 is 42.9. The Morgan fingerprint density at radius 1 is 1.19 bits per heavy atom. The first-order valence-electron chi connectivity index (χ1n) is 8.31. The van der Waals surface area contributed by atoms with E-state index in [4.69, 9.17) is 4.74 Å². The molecular formula is C17H25F3IN3O2. The van der Waals surface area contributed by atoms with E-state index in [0.717, 1.165) is 12.1 Å². The van der Waals surface area contributed by atoms with Crippen molar-refractivity contribution in [2.75, 3.05) is 26.3 Å². The monoisotopic (exact) mass is 487 g/mol. The van der Waals surface area contributed by atoms with E-state index < -0.39 is 17.3 Å². The standard InChI is InChI=1S/C17H24F3N3O2.HI/c1-2-21-15(23-12-16(24)7-9-25-10-8-16)22-11-13-3-5-14(6-4-13)17(18,19)20;/h3-6,24H,2,7-12H2,1H3,(H2,21,22,23);1H. The minimum absolute atomic E-state index is 0. The van der Waals surface area contributed by atoms with Crippen molar-refractivity contribution < 1.29 is 23.0 Å². The number of rotatable bonds is 5. The summed E-state index contributed by atoms with van der Waals surface area (Å²) in [6.45, 7) is 4.19. The maximum Gasteiger partial charge on any atom is 0.416 e. The molecule has 5 nitrogen and oxygen atoms in total. The molecule has 26 heavy (non-hydrogen) atoms. The molecule has 148 valence electrons. The van der Waals surface area contributed by atoms with E-state index in [1.807, 2.05) is 6.92 Å². The van der Waals surface area contributed by atoms with Gasteiger partial charge in [0.2, 0.25) is 0 Å². The van der Waals surface area contributed by atoms with Crippen molar-refractivity contribution >= 4 is 29.9 Å². The lowest BCUT2D eigenvalue weighted by atomic mass is 9.94. The van der Waals surface area contributed by atoms with Crippen LogP contribution in [0.1, 0.15) is 30.9 Å². The largest absolute Gasteiger partial charge is 0.416 e. The molecule has 0 bridgehead atoms. The molecule has 0 amide bonds. The van der Waals surface area contributed by atoms with Crippen LogP contribution < -0.4 is 10.6 Å². The molecule has 1 aliphatic rings. The van der Waals surface area contributed by atoms with E-state index in [1.54, 1.807) is 0 Å². The molecule has 2 rings (SSSR count). The Morgan fingerprint density at radius 2 is 1.81 bits per heavy atom. The molecule has 0 spiro atoms. The summed E-state index contributed by atoms with van der Waals surface area (Å²) in [5, 5.41) is 16.6. The molecule has 1 aromatic carbocycles. The number of hydrogen-bond donors (Lipinski definition) is 3. The lowest BCUT2D eigenvalue weighted by molar-refractivity contribution is -0.137. The van der Waals surface area contributed by atoms with Crippen molar-refractivity contribution in [3.63, 3.8) is 0 Å². The zero-order chi connectivity index (χ0) is 18.3. The second-order valence-corrected chi connectivity index (χ2v) is 6.08. The van der Waals surface area contributed by atoms with Crippen LogP contribution in [0.5, 0.6) is 0 Å². The first kappa shape index (κ1) is 23.0. The zero-order valence-corrected chi connectivity index (χ0v) is 16.9. The Kier molecular flexibility index (Phi) is 9.11. The molecule has 1 heterocycles. The Morgan fingerprint density at radius 3 is 2.35 bits per heavy atom. The minimum Gasteiger partial charge on any atom is -0.388 e. The van der Waals surface area contributed by atoms with Crippen LogP contribution in [0, 0.1) is 0 Å². The maximum atomic E-state index is 12.6. The minimum atomic E-state index is -4.34. The first-order chi connectivity index (χ1) is 11.8. The van der Waals surface area contributed by atoms with Gasteiger partial charge in [-0.25, -0.2) is 4.99 Å². The fourth-order valence-electron chi connectivity index (χ4n) is 2.49. The van der Waals surface area contributed by atoms with Crippen LogP contribution in [0.3, 0.4) is 0 Å². The molecule has 3 N–H and O–H groups in total. The summed E-state index contributed by atoms with van der Waals surface area (Å²) in [6.07, 6.45) is -3.23. The van der Waals surface area contributed by atoms with Gasteiger partial charge in [-0.15, -0.1) is 24.0 Å². The number of hydrogen-bond acceptors (Lipinski definition) is 3. The van der Waals surface area contributed by atoms with E-state index in [-0.39, 0.29) is 30.5 Å². The second kappa shape index (κ2) is 10.3. The number of ether oxygens (including phenoxy) is 1. The first-order valence-corrected chi connectivity index (χ1v) is 8.31. The van der Waals surface area contributed by atoms with Crippen molar-refractivity contribution in [1.29, 1.82) is 0 Å². The summed E-state index contributed by atoms with van der Waals surface area (Å²) in [5.74, 6) is 0.516. The third kappa shape index (κ3) is 7.28. The van der Waals surface area contributed by atoms with E-state index in [1.165, 1.54) is 12.1 Å². The highest BCUT2D eigenvalue weighted by Gasteiger charge is 2.30. The van der Waals surface area contributed by atoms with Crippen molar-refractivity contribution in [2.45, 2.75) is 38.1 Å². The summed E-state index contributed by atoms with van der Waals surface area (Å²) >= 11 is 0. The van der Waals surface area contributed by atoms with E-state index in [0.29, 0.717) is 50.7 Å². The Labute approximate surface area is 168 Å². The number of benzene rings is 1. The lowest BCUT2D eigenvalue weighted by Gasteiger charge is -2.32. The van der Waals surface area contributed by atoms with Crippen LogP contribution in [-0.2, 0) is 17.5 Å². The molecule has 0 aromatic heterocycles. The summed E-state index contributed by atoms with van der Waals surface area (Å²) in [7, 11) is 0. The predicted molar refractivity (Wildman–Crippen MR) is 105 cm³/mol. The number of aliphatic imine (C=N–C) groups is 1. The number of guanidine groups is 1. The van der Waals surface area contributed by atoms with Gasteiger partial charge in [-0.3, -0.25) is 0 Å². The van der Waals surface area contributed by atoms with Crippen molar-refractivity contribution in [3.05, 3.63) is 35.4 Å². The molecular weight excluding hydrogens is 462 g/mol. The molecule has 1 fully saturated rings. The molecule has 1 aliphatic heterocycles. The summed E-state index contributed by atoms with van der Waals surface area (Å²) in [6, 6.07) is 4.94. The Hall–Kier alpha value is -1.07. The van der Waals surface area contributed by atoms with Crippen molar-refractivity contribution in [1.82, 2.24) is 10.6 Å². The van der Waals surface area contributed by atoms with Crippen LogP contribution in [0.15, 0.2) is 29.3 Å². The molecule has 0 radical (unpaired) electrons. The molecule has 0 atom stereocenters. The fourth-order valence-corrected chi connectivity index (χ4v) is 2.49. The summed E-state index contributed by atoms with van der Waals surface area (Å²) in [4.78, 5) is 4.36. The Balaban J connectivity index is 0.00000338. The molecule has 9 heteroatoms. The molecule has 1 aromatic rings. The Bertz CT molecular complexity index is 574. The third-order valence-electron chi connectivity index (χ3n) is 4.05. The van der Waals surface area contributed by atoms with Crippen LogP contribution in [-0.4, -0.2) is 43.0 Å². The normalized spacial score (nSPS) is 17.3. The average Bonchev–Trinajstić information content (AvgIpc) is 2.58. The predicted octanol–water partition coefficient (Wildman–Crippen LogP) is 2.92. The van der Waals surface area contributed by atoms with Gasteiger partial charge in [0.05, 0.1) is 17.7 Å². The van der Waals surface area contributed by atoms with Gasteiger partial charge in [0.15, 0.2) is 5.96 Å². The highest BCUT2D eigenvalue weighted by molar-refractivity contribution is 14.0. The van der Waals surface area contributed by atoms with Crippen LogP contribution in [0.2, 0.25) is 0 Å². The highest BCUT2D eigenvalue weighted by atomic mass is 127. The fraction of sp³-hybridized carbons (Fsp3) is 0.588. The highest BCUT2D eigenvalue weighted by Crippen LogP contribution is 2.29. The van der Waals surface area contributed by atoms with Gasteiger partial charge in [0.25, 0.3) is 0 Å². The van der Waals surface area contributed by atoms with Gasteiger partial charge in [-0.1, -0.05) is 12.1 Å². The SMILES string of the molecule is CCNC(=NCc1ccc(C(F)(F)F)cc1)NCC1(O)CCOCC1.I. The summed E-state index contributed by atoms with van der Waals surface area (Å²) in [5.41, 5.74) is -0.829. The van der Waals surface area contributed by atoms with Crippen LogP contribution in [0.25, 0.3) is 0 Å². The number of nitrogens with zero attached hydrogens (tertiary/aromatic N) is 1. The van der Waals surface area contributed by atoms with Gasteiger partial charge in [-0.05, 0) is 24.6 Å². The molecule has 0 saturated carbocycles. The van der Waals surface area contributed by atoms with Crippen LogP contribution in [0.4, 0.5) is 13.2 Å².